The van der Waals surface area contributed by atoms with E-state index in [0.717, 1.165) is 0 Å². The van der Waals surface area contributed by atoms with E-state index in [0.29, 0.717) is 5.75 Å². The number of hydrogen-bond acceptors (Lipinski definition) is 1. The smallest absolute Gasteiger partial charge is 0.116 e. The van der Waals surface area contributed by atoms with E-state index in [-0.39, 0.29) is 0 Å². The molecule has 3 aromatic carbocycles. The Bertz CT molecular complexity index is 793. The van der Waals surface area contributed by atoms with E-state index < -0.39 is 7.92 Å². The average molecular weight is 320 g/mol. The molecule has 0 aromatic heterocycles. The molecule has 0 saturated carbocycles. The molecule has 0 radical (unpaired) electrons. The number of aryl methyl sites for hydroxylation is 3. The van der Waals surface area contributed by atoms with Gasteiger partial charge in [-0.3, -0.25) is 0 Å². The highest BCUT2D eigenvalue weighted by atomic mass is 31.1. The van der Waals surface area contributed by atoms with Gasteiger partial charge in [-0.25, -0.2) is 0 Å². The lowest BCUT2D eigenvalue weighted by Crippen LogP contribution is -2.25. The molecule has 3 aromatic rings. The minimum absolute atomic E-state index is 0.334. The van der Waals surface area contributed by atoms with Crippen LogP contribution in [-0.2, 0) is 0 Å². The Morgan fingerprint density at radius 3 is 1.61 bits per heavy atom. The zero-order valence-electron chi connectivity index (χ0n) is 13.7. The van der Waals surface area contributed by atoms with E-state index in [4.69, 9.17) is 0 Å². The van der Waals surface area contributed by atoms with Crippen molar-refractivity contribution in [1.29, 1.82) is 0 Å². The predicted molar refractivity (Wildman–Crippen MR) is 101 cm³/mol. The van der Waals surface area contributed by atoms with E-state index in [1.54, 1.807) is 6.07 Å². The maximum atomic E-state index is 10.0. The summed E-state index contributed by atoms with van der Waals surface area (Å²) in [4.78, 5) is 0. The van der Waals surface area contributed by atoms with Crippen molar-refractivity contribution in [2.45, 2.75) is 20.8 Å². The van der Waals surface area contributed by atoms with Crippen LogP contribution in [0.1, 0.15) is 16.7 Å². The normalized spacial score (nSPS) is 11.0. The Kier molecular flexibility index (Phi) is 4.50. The second-order valence-electron chi connectivity index (χ2n) is 5.88. The molecule has 0 unspecified atom stereocenters. The first-order valence-corrected chi connectivity index (χ1v) is 9.13. The highest BCUT2D eigenvalue weighted by Gasteiger charge is 2.21. The van der Waals surface area contributed by atoms with Gasteiger partial charge in [0.2, 0.25) is 0 Å². The molecule has 116 valence electrons. The van der Waals surface area contributed by atoms with Crippen LogP contribution >= 0.6 is 7.92 Å². The van der Waals surface area contributed by atoms with E-state index >= 15 is 0 Å². The summed E-state index contributed by atoms with van der Waals surface area (Å²) in [5.74, 6) is 0.334. The van der Waals surface area contributed by atoms with Gasteiger partial charge in [0.25, 0.3) is 0 Å². The first-order valence-electron chi connectivity index (χ1n) is 7.79. The molecule has 0 aliphatic rings. The lowest BCUT2D eigenvalue weighted by Gasteiger charge is -2.24. The van der Waals surface area contributed by atoms with Crippen molar-refractivity contribution < 1.29 is 5.11 Å². The molecule has 0 spiro atoms. The number of phenols is 1. The lowest BCUT2D eigenvalue weighted by atomic mass is 10.2. The Balaban J connectivity index is 2.29. The van der Waals surface area contributed by atoms with Gasteiger partial charge < -0.3 is 5.11 Å². The zero-order chi connectivity index (χ0) is 16.4. The highest BCUT2D eigenvalue weighted by molar-refractivity contribution is 7.80. The Morgan fingerprint density at radius 2 is 1.09 bits per heavy atom. The third kappa shape index (κ3) is 3.16. The van der Waals surface area contributed by atoms with E-state index in [1.807, 2.05) is 12.1 Å². The van der Waals surface area contributed by atoms with Gasteiger partial charge in [-0.15, -0.1) is 0 Å². The fourth-order valence-corrected chi connectivity index (χ4v) is 5.65. The van der Waals surface area contributed by atoms with Gasteiger partial charge in [0.15, 0.2) is 0 Å². The Labute approximate surface area is 139 Å². The van der Waals surface area contributed by atoms with Crippen molar-refractivity contribution in [3.05, 3.63) is 83.4 Å². The maximum Gasteiger partial charge on any atom is 0.116 e. The highest BCUT2D eigenvalue weighted by Crippen LogP contribution is 2.37. The minimum Gasteiger partial charge on any atom is -0.508 e. The monoisotopic (exact) mass is 320 g/mol. The molecule has 3 rings (SSSR count). The van der Waals surface area contributed by atoms with Gasteiger partial charge in [0.05, 0.1) is 0 Å². The fourth-order valence-electron chi connectivity index (χ4n) is 2.86. The molecule has 1 nitrogen and oxygen atoms in total. The number of phenolic OH excluding ortho intramolecular Hbond substituents is 1. The molecule has 0 aliphatic carbocycles. The van der Waals surface area contributed by atoms with Crippen LogP contribution in [0, 0.1) is 20.8 Å². The summed E-state index contributed by atoms with van der Waals surface area (Å²) in [6.45, 7) is 6.46. The van der Waals surface area contributed by atoms with Crippen LogP contribution in [0.5, 0.6) is 5.75 Å². The van der Waals surface area contributed by atoms with Gasteiger partial charge >= 0.3 is 0 Å². The number of hydrogen-bond donors (Lipinski definition) is 1. The molecule has 23 heavy (non-hydrogen) atoms. The maximum absolute atomic E-state index is 10.0. The van der Waals surface area contributed by atoms with Crippen molar-refractivity contribution in [2.75, 3.05) is 0 Å². The van der Waals surface area contributed by atoms with Gasteiger partial charge in [-0.2, -0.15) is 0 Å². The third-order valence-electron chi connectivity index (χ3n) is 4.15. The average Bonchev–Trinajstić information content (AvgIpc) is 2.54. The quantitative estimate of drug-likeness (QED) is 0.721. The molecule has 0 amide bonds. The Morgan fingerprint density at radius 1 is 0.609 bits per heavy atom. The zero-order valence-corrected chi connectivity index (χ0v) is 14.6. The van der Waals surface area contributed by atoms with Crippen molar-refractivity contribution in [2.24, 2.45) is 0 Å². The van der Waals surface area contributed by atoms with Crippen LogP contribution in [0.15, 0.2) is 66.7 Å². The van der Waals surface area contributed by atoms with Crippen LogP contribution < -0.4 is 15.9 Å². The van der Waals surface area contributed by atoms with Gasteiger partial charge in [-0.05, 0) is 73.4 Å². The standard InChI is InChI=1S/C21H21OP/c1-15-8-4-6-10-19(15)23(20-11-7-5-9-16(20)2)21-14-18(22)13-12-17(21)3/h4-14,22H,1-3H3. The largest absolute Gasteiger partial charge is 0.508 e. The molecular formula is C21H21OP. The van der Waals surface area contributed by atoms with E-state index in [1.165, 1.54) is 32.6 Å². The molecular weight excluding hydrogens is 299 g/mol. The summed E-state index contributed by atoms with van der Waals surface area (Å²) in [5.41, 5.74) is 3.81. The predicted octanol–water partition coefficient (Wildman–Crippen LogP) is 4.08. The van der Waals surface area contributed by atoms with Crippen LogP contribution in [0.3, 0.4) is 0 Å². The lowest BCUT2D eigenvalue weighted by molar-refractivity contribution is 0.475. The molecule has 0 fully saturated rings. The molecule has 0 atom stereocenters. The van der Waals surface area contributed by atoms with Crippen molar-refractivity contribution >= 4 is 23.8 Å². The number of rotatable bonds is 3. The number of benzene rings is 3. The van der Waals surface area contributed by atoms with E-state index in [9.17, 15) is 5.11 Å². The van der Waals surface area contributed by atoms with Crippen LogP contribution in [-0.4, -0.2) is 5.11 Å². The van der Waals surface area contributed by atoms with Gasteiger partial charge in [0.1, 0.15) is 5.75 Å². The van der Waals surface area contributed by atoms with Crippen molar-refractivity contribution in [1.82, 2.24) is 0 Å². The van der Waals surface area contributed by atoms with Crippen LogP contribution in [0.25, 0.3) is 0 Å². The minimum atomic E-state index is -0.685. The number of aromatic hydroxyl groups is 1. The van der Waals surface area contributed by atoms with Crippen molar-refractivity contribution in [3.8, 4) is 5.75 Å². The SMILES string of the molecule is Cc1ccccc1P(c1ccccc1C)c1cc(O)ccc1C. The van der Waals surface area contributed by atoms with Gasteiger partial charge in [0, 0.05) is 0 Å². The summed E-state index contributed by atoms with van der Waals surface area (Å²) in [6, 6.07) is 22.9. The molecule has 0 heterocycles. The second kappa shape index (κ2) is 6.56. The first-order chi connectivity index (χ1) is 11.1. The molecule has 0 bridgehead atoms. The summed E-state index contributed by atoms with van der Waals surface area (Å²) < 4.78 is 0. The van der Waals surface area contributed by atoms with Crippen LogP contribution in [0.4, 0.5) is 0 Å². The molecule has 1 N–H and O–H groups in total. The van der Waals surface area contributed by atoms with Crippen molar-refractivity contribution in [3.63, 3.8) is 0 Å². The summed E-state index contributed by atoms with van der Waals surface area (Å²) in [5, 5.41) is 14.0. The first kappa shape index (κ1) is 15.8. The third-order valence-corrected chi connectivity index (χ3v) is 7.08. The van der Waals surface area contributed by atoms with Gasteiger partial charge in [-0.1, -0.05) is 54.6 Å². The van der Waals surface area contributed by atoms with E-state index in [2.05, 4.69) is 69.3 Å². The molecule has 0 aliphatic heterocycles. The summed E-state index contributed by atoms with van der Waals surface area (Å²) in [6.07, 6.45) is 0. The fraction of sp³-hybridized carbons (Fsp3) is 0.143. The second-order valence-corrected chi connectivity index (χ2v) is 8.00. The van der Waals surface area contributed by atoms with Crippen LogP contribution in [0.2, 0.25) is 0 Å². The molecule has 2 heteroatoms. The topological polar surface area (TPSA) is 20.2 Å². The summed E-state index contributed by atoms with van der Waals surface area (Å²) in [7, 11) is -0.685. The molecule has 0 saturated heterocycles. The Hall–Kier alpha value is -2.11. The summed E-state index contributed by atoms with van der Waals surface area (Å²) >= 11 is 0.